The van der Waals surface area contributed by atoms with Crippen LogP contribution in [0.4, 0.5) is 4.39 Å². The molecule has 12 heteroatoms. The predicted molar refractivity (Wildman–Crippen MR) is 135 cm³/mol. The summed E-state index contributed by atoms with van der Waals surface area (Å²) in [6, 6.07) is 14.8. The summed E-state index contributed by atoms with van der Waals surface area (Å²) >= 11 is 6.10. The molecular formula is C25H22ClFN4O5S. The number of nitrogens with zero attached hydrogens (tertiary/aromatic N) is 2. The van der Waals surface area contributed by atoms with Gasteiger partial charge in [0.1, 0.15) is 29.0 Å². The molecule has 192 valence electrons. The number of rotatable bonds is 7. The molecule has 1 fully saturated rings. The van der Waals surface area contributed by atoms with Crippen LogP contribution in [-0.2, 0) is 14.8 Å². The topological polar surface area (TPSA) is 128 Å². The van der Waals surface area contributed by atoms with Crippen LogP contribution in [0.15, 0.2) is 65.7 Å². The average molecular weight is 545 g/mol. The van der Waals surface area contributed by atoms with Crippen molar-refractivity contribution in [3.05, 3.63) is 77.5 Å². The lowest BCUT2D eigenvalue weighted by Gasteiger charge is -2.32. The second-order valence-corrected chi connectivity index (χ2v) is 10.7. The number of nitrogens with one attached hydrogen (secondary N) is 1. The molecule has 1 atom stereocenters. The maximum Gasteiger partial charge on any atom is 0.266 e. The number of nitrogens with two attached hydrogens (primary N) is 1. The Morgan fingerprint density at radius 1 is 1.22 bits per heavy atom. The zero-order valence-corrected chi connectivity index (χ0v) is 20.9. The monoisotopic (exact) mass is 544 g/mol. The summed E-state index contributed by atoms with van der Waals surface area (Å²) in [4.78, 5) is 18.4. The summed E-state index contributed by atoms with van der Waals surface area (Å²) in [6.45, 7) is 0.160. The van der Waals surface area contributed by atoms with Crippen molar-refractivity contribution < 1.29 is 27.1 Å². The third-order valence-electron chi connectivity index (χ3n) is 6.02. The third-order valence-corrected chi connectivity index (χ3v) is 8.21. The smallest absolute Gasteiger partial charge is 0.266 e. The largest absolute Gasteiger partial charge is 0.490 e. The van der Waals surface area contributed by atoms with E-state index in [4.69, 9.17) is 26.8 Å². The fraction of sp³-hybridized carbons (Fsp3) is 0.200. The van der Waals surface area contributed by atoms with Crippen LogP contribution in [0, 0.1) is 5.95 Å². The SMILES string of the molecule is NC(=O)c1[nH]c2ccc(Cl)cc2c1S(=O)(=O)N1CCO[C@H](COc2ccccc2-c2cccnc2F)C1. The first-order valence-electron chi connectivity index (χ1n) is 11.3. The molecule has 3 heterocycles. The number of carbonyl (C=O) groups excluding carboxylic acids is 1. The van der Waals surface area contributed by atoms with Crippen molar-refractivity contribution in [1.29, 1.82) is 0 Å². The van der Waals surface area contributed by atoms with Gasteiger partial charge in [-0.3, -0.25) is 4.79 Å². The summed E-state index contributed by atoms with van der Waals surface area (Å²) in [5, 5.41) is 0.587. The van der Waals surface area contributed by atoms with Gasteiger partial charge in [-0.2, -0.15) is 8.70 Å². The Labute approximate surface area is 217 Å². The van der Waals surface area contributed by atoms with Gasteiger partial charge in [-0.05, 0) is 36.4 Å². The van der Waals surface area contributed by atoms with Gasteiger partial charge in [0.2, 0.25) is 16.0 Å². The van der Waals surface area contributed by atoms with E-state index in [0.29, 0.717) is 21.9 Å². The zero-order chi connectivity index (χ0) is 26.2. The van der Waals surface area contributed by atoms with Gasteiger partial charge in [0, 0.05) is 46.3 Å². The molecule has 1 aliphatic heterocycles. The Hall–Kier alpha value is -3.51. The molecule has 0 radical (unpaired) electrons. The number of aromatic amines is 1. The number of primary amides is 1. The second kappa shape index (κ2) is 10.1. The van der Waals surface area contributed by atoms with Crippen LogP contribution in [0.2, 0.25) is 5.02 Å². The van der Waals surface area contributed by atoms with Gasteiger partial charge in [0.25, 0.3) is 5.91 Å². The molecule has 0 unspecified atom stereocenters. The van der Waals surface area contributed by atoms with E-state index in [-0.39, 0.29) is 47.8 Å². The number of morpholine rings is 1. The van der Waals surface area contributed by atoms with Crippen LogP contribution in [0.1, 0.15) is 10.5 Å². The highest BCUT2D eigenvalue weighted by Crippen LogP contribution is 2.33. The Balaban J connectivity index is 1.39. The Bertz CT molecular complexity index is 1590. The van der Waals surface area contributed by atoms with E-state index >= 15 is 0 Å². The van der Waals surface area contributed by atoms with Gasteiger partial charge in [-0.25, -0.2) is 13.4 Å². The standard InChI is InChI=1S/C25H22ClFN4O5S/c26-15-7-8-20-19(12-15)23(22(30-20)25(28)32)37(33,34)31-10-11-35-16(13-31)14-36-21-6-2-1-4-17(21)18-5-3-9-29-24(18)27/h1-9,12,16,30H,10-11,13-14H2,(H2,28,32)/t16-/m0/s1. The number of sulfonamides is 1. The molecule has 0 aliphatic carbocycles. The number of hydrogen-bond acceptors (Lipinski definition) is 6. The van der Waals surface area contributed by atoms with Gasteiger partial charge in [-0.15, -0.1) is 0 Å². The number of benzene rings is 2. The van der Waals surface area contributed by atoms with Gasteiger partial charge in [0.15, 0.2) is 0 Å². The highest BCUT2D eigenvalue weighted by molar-refractivity contribution is 7.89. The fourth-order valence-electron chi connectivity index (χ4n) is 4.31. The molecule has 5 rings (SSSR count). The van der Waals surface area contributed by atoms with E-state index < -0.39 is 28.0 Å². The van der Waals surface area contributed by atoms with Gasteiger partial charge >= 0.3 is 0 Å². The van der Waals surface area contributed by atoms with E-state index in [0.717, 1.165) is 0 Å². The molecule has 1 aliphatic rings. The first-order valence-corrected chi connectivity index (χ1v) is 13.1. The van der Waals surface area contributed by atoms with Crippen molar-refractivity contribution in [3.8, 4) is 16.9 Å². The van der Waals surface area contributed by atoms with Crippen LogP contribution < -0.4 is 10.5 Å². The summed E-state index contributed by atoms with van der Waals surface area (Å²) in [5.74, 6) is -1.13. The summed E-state index contributed by atoms with van der Waals surface area (Å²) in [6.07, 6.45) is 0.736. The minimum absolute atomic E-state index is 0.00725. The maximum atomic E-state index is 14.3. The quantitative estimate of drug-likeness (QED) is 0.342. The summed E-state index contributed by atoms with van der Waals surface area (Å²) < 4.78 is 54.6. The molecule has 3 N–H and O–H groups in total. The number of ether oxygens (including phenoxy) is 2. The normalized spacial score (nSPS) is 16.6. The number of halogens is 2. The maximum absolute atomic E-state index is 14.3. The molecule has 1 amide bonds. The Kier molecular flexibility index (Phi) is 6.86. The lowest BCUT2D eigenvalue weighted by molar-refractivity contribution is -0.0248. The van der Waals surface area contributed by atoms with Crippen LogP contribution in [-0.4, -0.2) is 61.0 Å². The molecule has 9 nitrogen and oxygen atoms in total. The number of fused-ring (bicyclic) bond motifs is 1. The number of aromatic nitrogens is 2. The zero-order valence-electron chi connectivity index (χ0n) is 19.4. The molecule has 0 spiro atoms. The van der Waals surface area contributed by atoms with E-state index in [1.165, 1.54) is 16.6 Å². The van der Waals surface area contributed by atoms with Crippen LogP contribution in [0.25, 0.3) is 22.0 Å². The van der Waals surface area contributed by atoms with Crippen molar-refractivity contribution >= 4 is 38.4 Å². The minimum atomic E-state index is -4.16. The van der Waals surface area contributed by atoms with Crippen molar-refractivity contribution in [2.24, 2.45) is 5.73 Å². The number of amides is 1. The molecule has 37 heavy (non-hydrogen) atoms. The van der Waals surface area contributed by atoms with Gasteiger partial charge in [-0.1, -0.05) is 29.8 Å². The third kappa shape index (κ3) is 4.90. The van der Waals surface area contributed by atoms with Crippen molar-refractivity contribution in [2.45, 2.75) is 11.0 Å². The molecule has 0 saturated carbocycles. The van der Waals surface area contributed by atoms with E-state index in [2.05, 4.69) is 9.97 Å². The lowest BCUT2D eigenvalue weighted by atomic mass is 10.1. The van der Waals surface area contributed by atoms with E-state index in [9.17, 15) is 17.6 Å². The molecule has 2 aromatic carbocycles. The Morgan fingerprint density at radius 2 is 2.00 bits per heavy atom. The number of carbonyl (C=O) groups is 1. The fourth-order valence-corrected chi connectivity index (χ4v) is 6.27. The number of pyridine rings is 1. The predicted octanol–water partition coefficient (Wildman–Crippen LogP) is 3.59. The first-order chi connectivity index (χ1) is 17.8. The van der Waals surface area contributed by atoms with Gasteiger partial charge < -0.3 is 20.2 Å². The molecule has 2 aromatic heterocycles. The Morgan fingerprint density at radius 3 is 2.78 bits per heavy atom. The van der Waals surface area contributed by atoms with Crippen molar-refractivity contribution in [2.75, 3.05) is 26.3 Å². The molecule has 1 saturated heterocycles. The first kappa shape index (κ1) is 25.2. The van der Waals surface area contributed by atoms with Crippen molar-refractivity contribution in [3.63, 3.8) is 0 Å². The van der Waals surface area contributed by atoms with Crippen molar-refractivity contribution in [1.82, 2.24) is 14.3 Å². The molecule has 4 aromatic rings. The van der Waals surface area contributed by atoms with E-state index in [1.54, 1.807) is 48.5 Å². The highest BCUT2D eigenvalue weighted by atomic mass is 35.5. The highest BCUT2D eigenvalue weighted by Gasteiger charge is 2.36. The lowest BCUT2D eigenvalue weighted by Crippen LogP contribution is -2.47. The number of para-hydroxylation sites is 1. The molecular weight excluding hydrogens is 523 g/mol. The van der Waals surface area contributed by atoms with Crippen LogP contribution in [0.3, 0.4) is 0 Å². The van der Waals surface area contributed by atoms with Crippen LogP contribution in [0.5, 0.6) is 5.75 Å². The van der Waals surface area contributed by atoms with E-state index in [1.807, 2.05) is 0 Å². The average Bonchev–Trinajstić information content (AvgIpc) is 3.28. The minimum Gasteiger partial charge on any atom is -0.490 e. The van der Waals surface area contributed by atoms with Crippen LogP contribution >= 0.6 is 11.6 Å². The van der Waals surface area contributed by atoms with Gasteiger partial charge in [0.05, 0.1) is 6.61 Å². The molecule has 0 bridgehead atoms. The number of hydrogen-bond donors (Lipinski definition) is 2. The second-order valence-electron chi connectivity index (χ2n) is 8.39. The number of H-pyrrole nitrogens is 1. The summed E-state index contributed by atoms with van der Waals surface area (Å²) in [7, 11) is -4.16. The summed E-state index contributed by atoms with van der Waals surface area (Å²) in [5.41, 5.74) is 6.49.